The van der Waals surface area contributed by atoms with E-state index in [1.54, 1.807) is 7.11 Å². The van der Waals surface area contributed by atoms with Crippen LogP contribution in [0.25, 0.3) is 0 Å². The van der Waals surface area contributed by atoms with E-state index in [1.165, 1.54) is 0 Å². The molecule has 1 aromatic rings. The van der Waals surface area contributed by atoms with Crippen LogP contribution in [0, 0.1) is 22.7 Å². The van der Waals surface area contributed by atoms with E-state index in [9.17, 15) is 5.26 Å². The Balaban J connectivity index is 2.59. The lowest BCUT2D eigenvalue weighted by molar-refractivity contribution is 0.393. The largest absolute Gasteiger partial charge is 0.496 e. The highest BCUT2D eigenvalue weighted by atomic mass is 16.5. The lowest BCUT2D eigenvalue weighted by Gasteiger charge is -2.32. The second kappa shape index (κ2) is 4.47. The minimum atomic E-state index is -0.642. The van der Waals surface area contributed by atoms with Crippen molar-refractivity contribution in [3.8, 4) is 17.9 Å². The van der Waals surface area contributed by atoms with Crippen LogP contribution < -0.4 is 4.74 Å². The summed E-state index contributed by atoms with van der Waals surface area (Å²) in [5.41, 5.74) is 1.43. The van der Waals surface area contributed by atoms with Gasteiger partial charge in [0.05, 0.1) is 31.1 Å². The first-order valence-electron chi connectivity index (χ1n) is 5.72. The van der Waals surface area contributed by atoms with Gasteiger partial charge in [0.1, 0.15) is 5.75 Å². The molecule has 0 radical (unpaired) electrons. The van der Waals surface area contributed by atoms with E-state index in [-0.39, 0.29) is 6.42 Å². The van der Waals surface area contributed by atoms with Crippen LogP contribution in [0.5, 0.6) is 5.75 Å². The topological polar surface area (TPSA) is 56.8 Å². The third-order valence-electron chi connectivity index (χ3n) is 3.49. The number of nitrogens with zero attached hydrogens (tertiary/aromatic N) is 2. The molecular weight excluding hydrogens is 212 g/mol. The normalized spacial score (nSPS) is 22.1. The van der Waals surface area contributed by atoms with Gasteiger partial charge in [0.25, 0.3) is 0 Å². The van der Waals surface area contributed by atoms with E-state index >= 15 is 0 Å². The second-order valence-corrected chi connectivity index (χ2v) is 4.37. The maximum absolute atomic E-state index is 9.44. The van der Waals surface area contributed by atoms with Crippen LogP contribution in [-0.4, -0.2) is 7.11 Å². The third-order valence-corrected chi connectivity index (χ3v) is 3.49. The van der Waals surface area contributed by atoms with Crippen LogP contribution in [0.15, 0.2) is 18.2 Å². The van der Waals surface area contributed by atoms with Crippen LogP contribution in [0.1, 0.15) is 30.4 Å². The van der Waals surface area contributed by atoms with Gasteiger partial charge >= 0.3 is 0 Å². The molecule has 0 amide bonds. The lowest BCUT2D eigenvalue weighted by Crippen LogP contribution is -2.29. The molecule has 0 aliphatic heterocycles. The fourth-order valence-electron chi connectivity index (χ4n) is 2.64. The van der Waals surface area contributed by atoms with Gasteiger partial charge in [-0.15, -0.1) is 0 Å². The van der Waals surface area contributed by atoms with Crippen LogP contribution in [-0.2, 0) is 11.8 Å². The molecule has 86 valence electrons. The van der Waals surface area contributed by atoms with Crippen LogP contribution in [0.4, 0.5) is 0 Å². The molecule has 0 heterocycles. The van der Waals surface area contributed by atoms with E-state index in [4.69, 9.17) is 10.00 Å². The second-order valence-electron chi connectivity index (χ2n) is 4.37. The molecule has 3 heteroatoms. The quantitative estimate of drug-likeness (QED) is 0.779. The van der Waals surface area contributed by atoms with Gasteiger partial charge in [0.2, 0.25) is 0 Å². The summed E-state index contributed by atoms with van der Waals surface area (Å²) < 4.78 is 5.34. The van der Waals surface area contributed by atoms with Gasteiger partial charge in [-0.05, 0) is 36.5 Å². The summed E-state index contributed by atoms with van der Waals surface area (Å²) in [5, 5.41) is 18.4. The number of ether oxygens (including phenoxy) is 1. The van der Waals surface area contributed by atoms with E-state index in [0.29, 0.717) is 0 Å². The highest BCUT2D eigenvalue weighted by molar-refractivity contribution is 5.49. The zero-order chi connectivity index (χ0) is 12.3. The van der Waals surface area contributed by atoms with Gasteiger partial charge < -0.3 is 4.74 Å². The smallest absolute Gasteiger partial charge is 0.122 e. The van der Waals surface area contributed by atoms with E-state index < -0.39 is 5.41 Å². The van der Waals surface area contributed by atoms with Crippen LogP contribution in [0.3, 0.4) is 0 Å². The van der Waals surface area contributed by atoms with Crippen molar-refractivity contribution in [1.29, 1.82) is 10.5 Å². The molecule has 1 aliphatic carbocycles. The SMILES string of the molecule is COc1cccc2c1CCCC2(C#N)CC#N. The summed E-state index contributed by atoms with van der Waals surface area (Å²) in [5.74, 6) is 0.833. The number of fused-ring (bicyclic) bond motifs is 1. The Labute approximate surface area is 101 Å². The molecule has 0 saturated carbocycles. The molecule has 0 N–H and O–H groups in total. The van der Waals surface area contributed by atoms with Crippen LogP contribution in [0.2, 0.25) is 0 Å². The number of methoxy groups -OCH3 is 1. The molecule has 1 aromatic carbocycles. The standard InChI is InChI=1S/C14H14N2O/c1-17-13-6-2-5-12-11(13)4-3-7-14(12,10-16)8-9-15/h2,5-6H,3-4,7-8H2,1H3. The van der Waals surface area contributed by atoms with Gasteiger partial charge in [0.15, 0.2) is 0 Å². The molecule has 0 aromatic heterocycles. The van der Waals surface area contributed by atoms with Gasteiger partial charge in [-0.3, -0.25) is 0 Å². The van der Waals surface area contributed by atoms with Crippen molar-refractivity contribution in [2.75, 3.05) is 7.11 Å². The van der Waals surface area contributed by atoms with Crippen molar-refractivity contribution < 1.29 is 4.74 Å². The molecule has 0 saturated heterocycles. The molecule has 2 rings (SSSR count). The Morgan fingerprint density at radius 3 is 2.88 bits per heavy atom. The first-order valence-corrected chi connectivity index (χ1v) is 5.72. The highest BCUT2D eigenvalue weighted by Crippen LogP contribution is 2.42. The predicted octanol–water partition coefficient (Wildman–Crippen LogP) is 2.71. The van der Waals surface area contributed by atoms with Crippen molar-refractivity contribution in [3.05, 3.63) is 29.3 Å². The summed E-state index contributed by atoms with van der Waals surface area (Å²) >= 11 is 0. The first-order chi connectivity index (χ1) is 8.27. The number of rotatable bonds is 2. The van der Waals surface area contributed by atoms with Crippen molar-refractivity contribution in [3.63, 3.8) is 0 Å². The summed E-state index contributed by atoms with van der Waals surface area (Å²) in [7, 11) is 1.64. The fraction of sp³-hybridized carbons (Fsp3) is 0.429. The average Bonchev–Trinajstić information content (AvgIpc) is 2.38. The minimum Gasteiger partial charge on any atom is -0.496 e. The molecule has 3 nitrogen and oxygen atoms in total. The van der Waals surface area contributed by atoms with Gasteiger partial charge in [-0.1, -0.05) is 12.1 Å². The molecule has 1 unspecified atom stereocenters. The molecular formula is C14H14N2O. The number of nitriles is 2. The van der Waals surface area contributed by atoms with Gasteiger partial charge in [-0.2, -0.15) is 10.5 Å². The minimum absolute atomic E-state index is 0.254. The molecule has 0 spiro atoms. The van der Waals surface area contributed by atoms with Crippen molar-refractivity contribution in [2.24, 2.45) is 0 Å². The van der Waals surface area contributed by atoms with Crippen molar-refractivity contribution >= 4 is 0 Å². The maximum Gasteiger partial charge on any atom is 0.122 e. The number of hydrogen-bond acceptors (Lipinski definition) is 3. The number of benzene rings is 1. The zero-order valence-corrected chi connectivity index (χ0v) is 9.86. The Hall–Kier alpha value is -2.00. The van der Waals surface area contributed by atoms with Crippen molar-refractivity contribution in [2.45, 2.75) is 31.1 Å². The Morgan fingerprint density at radius 2 is 2.24 bits per heavy atom. The maximum atomic E-state index is 9.44. The summed E-state index contributed by atoms with van der Waals surface area (Å²) in [4.78, 5) is 0. The van der Waals surface area contributed by atoms with E-state index in [2.05, 4.69) is 12.1 Å². The Morgan fingerprint density at radius 1 is 1.41 bits per heavy atom. The zero-order valence-electron chi connectivity index (χ0n) is 9.86. The van der Waals surface area contributed by atoms with Crippen molar-refractivity contribution in [1.82, 2.24) is 0 Å². The summed E-state index contributed by atoms with van der Waals surface area (Å²) in [6.07, 6.45) is 2.87. The highest BCUT2D eigenvalue weighted by Gasteiger charge is 2.37. The van der Waals surface area contributed by atoms with Gasteiger partial charge in [-0.25, -0.2) is 0 Å². The Kier molecular flexibility index (Phi) is 3.02. The summed E-state index contributed by atoms with van der Waals surface area (Å²) in [6.45, 7) is 0. The first kappa shape index (κ1) is 11.5. The van der Waals surface area contributed by atoms with Gasteiger partial charge in [0, 0.05) is 0 Å². The molecule has 1 aliphatic rings. The molecule has 1 atom stereocenters. The van der Waals surface area contributed by atoms with E-state index in [1.807, 2.05) is 18.2 Å². The molecule has 0 fully saturated rings. The van der Waals surface area contributed by atoms with Crippen LogP contribution >= 0.6 is 0 Å². The third kappa shape index (κ3) is 1.74. The monoisotopic (exact) mass is 226 g/mol. The fourth-order valence-corrected chi connectivity index (χ4v) is 2.64. The molecule has 17 heavy (non-hydrogen) atoms. The number of hydrogen-bond donors (Lipinski definition) is 0. The Bertz CT molecular complexity index is 510. The van der Waals surface area contributed by atoms with E-state index in [0.717, 1.165) is 36.1 Å². The summed E-state index contributed by atoms with van der Waals surface area (Å²) in [6, 6.07) is 10.3. The average molecular weight is 226 g/mol. The lowest BCUT2D eigenvalue weighted by atomic mass is 9.69. The molecule has 0 bridgehead atoms. The predicted molar refractivity (Wildman–Crippen MR) is 63.5 cm³/mol.